The molecule has 0 unspecified atom stereocenters. The lowest BCUT2D eigenvalue weighted by Crippen LogP contribution is -2.37. The van der Waals surface area contributed by atoms with E-state index in [2.05, 4.69) is 28.6 Å². The number of guanidine groups is 1. The summed E-state index contributed by atoms with van der Waals surface area (Å²) >= 11 is 0. The minimum atomic E-state index is 0. The molecule has 0 atom stereocenters. The first-order valence-electron chi connectivity index (χ1n) is 7.47. The van der Waals surface area contributed by atoms with E-state index in [0.717, 1.165) is 36.3 Å². The SMILES string of the molecule is CCNC(=NCc1ccccc1OC)NCCC1CC1.I. The molecule has 0 radical (unpaired) electrons. The summed E-state index contributed by atoms with van der Waals surface area (Å²) in [6.45, 7) is 4.59. The Morgan fingerprint density at radius 3 is 2.71 bits per heavy atom. The van der Waals surface area contributed by atoms with Gasteiger partial charge in [-0.25, -0.2) is 4.99 Å². The lowest BCUT2D eigenvalue weighted by molar-refractivity contribution is 0.410. The molecule has 0 amide bonds. The standard InChI is InChI=1S/C16H25N3O.HI/c1-3-17-16(18-11-10-13-8-9-13)19-12-14-6-4-5-7-15(14)20-2;/h4-7,13H,3,8-12H2,1-2H3,(H2,17,18,19);1H. The second-order valence-electron chi connectivity index (χ2n) is 5.17. The van der Waals surface area contributed by atoms with Gasteiger partial charge >= 0.3 is 0 Å². The van der Waals surface area contributed by atoms with Crippen LogP contribution in [0.3, 0.4) is 0 Å². The van der Waals surface area contributed by atoms with Gasteiger partial charge in [-0.2, -0.15) is 0 Å². The molecule has 2 N–H and O–H groups in total. The van der Waals surface area contributed by atoms with Gasteiger partial charge in [0.1, 0.15) is 5.75 Å². The van der Waals surface area contributed by atoms with Gasteiger partial charge in [0.15, 0.2) is 5.96 Å². The predicted octanol–water partition coefficient (Wildman–Crippen LogP) is 3.17. The van der Waals surface area contributed by atoms with Crippen LogP contribution < -0.4 is 15.4 Å². The van der Waals surface area contributed by atoms with Crippen molar-refractivity contribution in [2.45, 2.75) is 32.7 Å². The van der Waals surface area contributed by atoms with Crippen LogP contribution in [-0.2, 0) is 6.54 Å². The Bertz CT molecular complexity index is 447. The molecule has 1 aliphatic carbocycles. The van der Waals surface area contributed by atoms with Crippen LogP contribution in [0.1, 0.15) is 31.7 Å². The highest BCUT2D eigenvalue weighted by Gasteiger charge is 2.20. The summed E-state index contributed by atoms with van der Waals surface area (Å²) in [4.78, 5) is 4.62. The highest BCUT2D eigenvalue weighted by Crippen LogP contribution is 2.31. The van der Waals surface area contributed by atoms with Crippen LogP contribution >= 0.6 is 24.0 Å². The topological polar surface area (TPSA) is 45.7 Å². The molecular weight excluding hydrogens is 377 g/mol. The largest absolute Gasteiger partial charge is 0.496 e. The maximum absolute atomic E-state index is 5.35. The number of methoxy groups -OCH3 is 1. The van der Waals surface area contributed by atoms with Gasteiger partial charge in [-0.15, -0.1) is 24.0 Å². The molecule has 0 aliphatic heterocycles. The summed E-state index contributed by atoms with van der Waals surface area (Å²) in [5, 5.41) is 6.68. The van der Waals surface area contributed by atoms with Crippen molar-refractivity contribution in [3.8, 4) is 5.75 Å². The third-order valence-corrected chi connectivity index (χ3v) is 3.49. The Kier molecular flexibility index (Phi) is 8.49. The van der Waals surface area contributed by atoms with Gasteiger partial charge in [-0.05, 0) is 25.3 Å². The zero-order chi connectivity index (χ0) is 14.2. The number of nitrogens with one attached hydrogen (secondary N) is 2. The van der Waals surface area contributed by atoms with E-state index in [0.29, 0.717) is 6.54 Å². The number of aliphatic imine (C=N–C) groups is 1. The van der Waals surface area contributed by atoms with E-state index in [9.17, 15) is 0 Å². The number of rotatable bonds is 7. The van der Waals surface area contributed by atoms with Crippen LogP contribution in [-0.4, -0.2) is 26.2 Å². The summed E-state index contributed by atoms with van der Waals surface area (Å²) in [6, 6.07) is 8.01. The van der Waals surface area contributed by atoms with E-state index in [1.807, 2.05) is 18.2 Å². The van der Waals surface area contributed by atoms with Crippen molar-refractivity contribution < 1.29 is 4.74 Å². The zero-order valence-electron chi connectivity index (χ0n) is 12.9. The monoisotopic (exact) mass is 403 g/mol. The van der Waals surface area contributed by atoms with Gasteiger partial charge < -0.3 is 15.4 Å². The number of para-hydroxylation sites is 1. The number of ether oxygens (including phenoxy) is 1. The molecule has 5 heteroatoms. The van der Waals surface area contributed by atoms with Crippen LogP contribution in [0, 0.1) is 5.92 Å². The molecule has 1 fully saturated rings. The summed E-state index contributed by atoms with van der Waals surface area (Å²) < 4.78 is 5.35. The molecule has 0 aromatic heterocycles. The van der Waals surface area contributed by atoms with Gasteiger partial charge in [0, 0.05) is 18.7 Å². The molecule has 0 spiro atoms. The normalized spacial score (nSPS) is 14.3. The van der Waals surface area contributed by atoms with Gasteiger partial charge in [0.25, 0.3) is 0 Å². The quantitative estimate of drug-likeness (QED) is 0.418. The summed E-state index contributed by atoms with van der Waals surface area (Å²) in [6.07, 6.45) is 4.05. The number of benzene rings is 1. The smallest absolute Gasteiger partial charge is 0.191 e. The maximum atomic E-state index is 5.35. The number of hydrogen-bond acceptors (Lipinski definition) is 2. The van der Waals surface area contributed by atoms with Crippen LogP contribution in [0.2, 0.25) is 0 Å². The second kappa shape index (κ2) is 9.87. The molecule has 1 saturated carbocycles. The Morgan fingerprint density at radius 2 is 2.05 bits per heavy atom. The molecule has 0 heterocycles. The van der Waals surface area contributed by atoms with Gasteiger partial charge in [0.2, 0.25) is 0 Å². The molecule has 1 aromatic rings. The summed E-state index contributed by atoms with van der Waals surface area (Å²) in [5.41, 5.74) is 1.11. The highest BCUT2D eigenvalue weighted by atomic mass is 127. The minimum Gasteiger partial charge on any atom is -0.496 e. The van der Waals surface area contributed by atoms with E-state index in [1.165, 1.54) is 19.3 Å². The molecule has 1 aliphatic rings. The van der Waals surface area contributed by atoms with Crippen molar-refractivity contribution in [1.82, 2.24) is 10.6 Å². The lowest BCUT2D eigenvalue weighted by atomic mass is 10.2. The molecule has 1 aromatic carbocycles. The van der Waals surface area contributed by atoms with Crippen molar-refractivity contribution in [3.63, 3.8) is 0 Å². The van der Waals surface area contributed by atoms with E-state index in [-0.39, 0.29) is 24.0 Å². The Hall–Kier alpha value is -0.980. The molecular formula is C16H26IN3O. The van der Waals surface area contributed by atoms with Crippen molar-refractivity contribution in [3.05, 3.63) is 29.8 Å². The van der Waals surface area contributed by atoms with Gasteiger partial charge in [-0.3, -0.25) is 0 Å². The molecule has 0 saturated heterocycles. The van der Waals surface area contributed by atoms with Crippen LogP contribution in [0.25, 0.3) is 0 Å². The fourth-order valence-electron chi connectivity index (χ4n) is 2.14. The van der Waals surface area contributed by atoms with Crippen LogP contribution in [0.5, 0.6) is 5.75 Å². The molecule has 118 valence electrons. The average molecular weight is 403 g/mol. The molecule has 0 bridgehead atoms. The van der Waals surface area contributed by atoms with Crippen molar-refractivity contribution in [2.75, 3.05) is 20.2 Å². The first kappa shape index (κ1) is 18.1. The van der Waals surface area contributed by atoms with Crippen LogP contribution in [0.15, 0.2) is 29.3 Å². The maximum Gasteiger partial charge on any atom is 0.191 e. The number of hydrogen-bond donors (Lipinski definition) is 2. The molecule has 21 heavy (non-hydrogen) atoms. The average Bonchev–Trinajstić information content (AvgIpc) is 3.29. The fourth-order valence-corrected chi connectivity index (χ4v) is 2.14. The Balaban J connectivity index is 0.00000220. The Labute approximate surface area is 144 Å². The van der Waals surface area contributed by atoms with Crippen molar-refractivity contribution >= 4 is 29.9 Å². The van der Waals surface area contributed by atoms with Gasteiger partial charge in [0.05, 0.1) is 13.7 Å². The first-order valence-corrected chi connectivity index (χ1v) is 7.47. The fraction of sp³-hybridized carbons (Fsp3) is 0.562. The first-order chi connectivity index (χ1) is 9.83. The number of halogens is 1. The molecule has 2 rings (SSSR count). The van der Waals surface area contributed by atoms with Crippen LogP contribution in [0.4, 0.5) is 0 Å². The van der Waals surface area contributed by atoms with E-state index < -0.39 is 0 Å². The summed E-state index contributed by atoms with van der Waals surface area (Å²) in [7, 11) is 1.70. The van der Waals surface area contributed by atoms with Crippen molar-refractivity contribution in [1.29, 1.82) is 0 Å². The summed E-state index contributed by atoms with van der Waals surface area (Å²) in [5.74, 6) is 2.73. The zero-order valence-corrected chi connectivity index (χ0v) is 15.2. The van der Waals surface area contributed by atoms with E-state index >= 15 is 0 Å². The predicted molar refractivity (Wildman–Crippen MR) is 98.6 cm³/mol. The second-order valence-corrected chi connectivity index (χ2v) is 5.17. The molecule has 4 nitrogen and oxygen atoms in total. The third kappa shape index (κ3) is 6.54. The third-order valence-electron chi connectivity index (χ3n) is 3.49. The van der Waals surface area contributed by atoms with E-state index in [1.54, 1.807) is 7.11 Å². The van der Waals surface area contributed by atoms with E-state index in [4.69, 9.17) is 4.74 Å². The Morgan fingerprint density at radius 1 is 1.29 bits per heavy atom. The highest BCUT2D eigenvalue weighted by molar-refractivity contribution is 14.0. The number of nitrogens with zero attached hydrogens (tertiary/aromatic N) is 1. The van der Waals surface area contributed by atoms with Crippen molar-refractivity contribution in [2.24, 2.45) is 10.9 Å². The minimum absolute atomic E-state index is 0. The lowest BCUT2D eigenvalue weighted by Gasteiger charge is -2.12. The van der Waals surface area contributed by atoms with Gasteiger partial charge in [-0.1, -0.05) is 31.0 Å².